The van der Waals surface area contributed by atoms with Gasteiger partial charge < -0.3 is 14.5 Å². The van der Waals surface area contributed by atoms with Crippen molar-refractivity contribution in [3.63, 3.8) is 0 Å². The van der Waals surface area contributed by atoms with E-state index >= 15 is 0 Å². The molecular formula is C23H23ClN2O6S. The molecule has 0 fully saturated rings. The van der Waals surface area contributed by atoms with Crippen molar-refractivity contribution in [1.82, 2.24) is 10.0 Å². The fourth-order valence-corrected chi connectivity index (χ4v) is 4.22. The van der Waals surface area contributed by atoms with Gasteiger partial charge in [0.25, 0.3) is 5.91 Å². The van der Waals surface area contributed by atoms with Crippen molar-refractivity contribution in [2.24, 2.45) is 0 Å². The number of carbonyl (C=O) groups excluding carboxylic acids is 2. The molecule has 0 aliphatic carbocycles. The minimum atomic E-state index is -3.66. The second-order valence-corrected chi connectivity index (χ2v) is 9.58. The lowest BCUT2D eigenvalue weighted by molar-refractivity contribution is -0.124. The van der Waals surface area contributed by atoms with E-state index in [0.29, 0.717) is 16.5 Å². The summed E-state index contributed by atoms with van der Waals surface area (Å²) in [7, 11) is -3.66. The third kappa shape index (κ3) is 6.92. The fourth-order valence-electron chi connectivity index (χ4n) is 2.84. The fraction of sp³-hybridized carbons (Fsp3) is 0.217. The SMILES string of the molecule is CC(C)NS(=O)(=O)c1ccc(C(=O)OCC(=O)NCc2ccc(-c3ccc(Cl)cc3)o2)cc1. The number of hydrogen-bond donors (Lipinski definition) is 2. The van der Waals surface area contributed by atoms with Gasteiger partial charge in [-0.2, -0.15) is 0 Å². The monoisotopic (exact) mass is 490 g/mol. The van der Waals surface area contributed by atoms with Gasteiger partial charge in [0.2, 0.25) is 10.0 Å². The molecule has 10 heteroatoms. The van der Waals surface area contributed by atoms with E-state index in [1.807, 2.05) is 12.1 Å². The Morgan fingerprint density at radius 2 is 1.67 bits per heavy atom. The number of sulfonamides is 1. The number of amides is 1. The number of carbonyl (C=O) groups is 2. The number of hydrogen-bond acceptors (Lipinski definition) is 6. The molecule has 0 unspecified atom stereocenters. The minimum absolute atomic E-state index is 0.0295. The van der Waals surface area contributed by atoms with Crippen LogP contribution < -0.4 is 10.0 Å². The van der Waals surface area contributed by atoms with E-state index in [2.05, 4.69) is 10.0 Å². The van der Waals surface area contributed by atoms with Crippen LogP contribution in [0.25, 0.3) is 11.3 Å². The molecule has 3 aromatic rings. The van der Waals surface area contributed by atoms with Crippen LogP contribution in [0, 0.1) is 0 Å². The van der Waals surface area contributed by atoms with Crippen molar-refractivity contribution in [3.8, 4) is 11.3 Å². The molecule has 0 aliphatic rings. The molecule has 0 saturated heterocycles. The van der Waals surface area contributed by atoms with E-state index in [-0.39, 0.29) is 23.0 Å². The van der Waals surface area contributed by atoms with E-state index in [9.17, 15) is 18.0 Å². The van der Waals surface area contributed by atoms with Crippen LogP contribution in [0.15, 0.2) is 70.0 Å². The van der Waals surface area contributed by atoms with Crippen molar-refractivity contribution in [2.75, 3.05) is 6.61 Å². The first-order chi connectivity index (χ1) is 15.6. The normalized spacial score (nSPS) is 11.4. The van der Waals surface area contributed by atoms with Gasteiger partial charge in [0.15, 0.2) is 6.61 Å². The first kappa shape index (κ1) is 24.5. The van der Waals surface area contributed by atoms with Crippen molar-refractivity contribution < 1.29 is 27.2 Å². The van der Waals surface area contributed by atoms with Gasteiger partial charge in [-0.3, -0.25) is 4.79 Å². The number of furan rings is 1. The van der Waals surface area contributed by atoms with Crippen LogP contribution in [0.4, 0.5) is 0 Å². The van der Waals surface area contributed by atoms with E-state index in [1.165, 1.54) is 24.3 Å². The van der Waals surface area contributed by atoms with Gasteiger partial charge in [0.1, 0.15) is 11.5 Å². The summed E-state index contributed by atoms with van der Waals surface area (Å²) >= 11 is 5.88. The molecule has 174 valence electrons. The molecule has 0 spiro atoms. The highest BCUT2D eigenvalue weighted by atomic mass is 35.5. The van der Waals surface area contributed by atoms with E-state index in [4.69, 9.17) is 20.8 Å². The average molecular weight is 491 g/mol. The third-order valence-corrected chi connectivity index (χ3v) is 6.30. The molecule has 1 aromatic heterocycles. The Morgan fingerprint density at radius 1 is 1.00 bits per heavy atom. The molecule has 1 heterocycles. The van der Waals surface area contributed by atoms with Crippen LogP contribution >= 0.6 is 11.6 Å². The van der Waals surface area contributed by atoms with Crippen molar-refractivity contribution in [3.05, 3.63) is 77.0 Å². The zero-order valence-electron chi connectivity index (χ0n) is 18.0. The van der Waals surface area contributed by atoms with Crippen LogP contribution in [-0.2, 0) is 26.1 Å². The highest BCUT2D eigenvalue weighted by Crippen LogP contribution is 2.23. The van der Waals surface area contributed by atoms with Crippen molar-refractivity contribution in [1.29, 1.82) is 0 Å². The number of rotatable bonds is 9. The molecule has 2 N–H and O–H groups in total. The standard InChI is InChI=1S/C23H23ClN2O6S/c1-15(2)26-33(29,30)20-10-5-17(6-11-20)23(28)31-14-22(27)25-13-19-9-12-21(32-19)16-3-7-18(24)8-4-16/h3-12,15,26H,13-14H2,1-2H3,(H,25,27). The molecule has 0 aliphatic heterocycles. The quantitative estimate of drug-likeness (QED) is 0.441. The molecule has 33 heavy (non-hydrogen) atoms. The summed E-state index contributed by atoms with van der Waals surface area (Å²) in [4.78, 5) is 24.2. The topological polar surface area (TPSA) is 115 Å². The van der Waals surface area contributed by atoms with Crippen molar-refractivity contribution in [2.45, 2.75) is 31.3 Å². The average Bonchev–Trinajstić information content (AvgIpc) is 3.25. The minimum Gasteiger partial charge on any atom is -0.459 e. The molecule has 0 bridgehead atoms. The van der Waals surface area contributed by atoms with Crippen LogP contribution in [0.1, 0.15) is 30.0 Å². The summed E-state index contributed by atoms with van der Waals surface area (Å²) in [5, 5.41) is 3.23. The third-order valence-electron chi connectivity index (χ3n) is 4.38. The second kappa shape index (κ2) is 10.7. The Bertz CT molecular complexity index is 1220. The highest BCUT2D eigenvalue weighted by Gasteiger charge is 2.17. The van der Waals surface area contributed by atoms with Gasteiger partial charge in [-0.25, -0.2) is 17.9 Å². The maximum atomic E-state index is 12.2. The maximum Gasteiger partial charge on any atom is 0.338 e. The largest absolute Gasteiger partial charge is 0.459 e. The summed E-state index contributed by atoms with van der Waals surface area (Å²) in [6.07, 6.45) is 0. The summed E-state index contributed by atoms with van der Waals surface area (Å²) in [6, 6.07) is 15.7. The molecule has 8 nitrogen and oxygen atoms in total. The summed E-state index contributed by atoms with van der Waals surface area (Å²) < 4.78 is 37.4. The summed E-state index contributed by atoms with van der Waals surface area (Å²) in [5.41, 5.74) is 0.981. The molecule has 2 aromatic carbocycles. The summed E-state index contributed by atoms with van der Waals surface area (Å²) in [6.45, 7) is 3.05. The second-order valence-electron chi connectivity index (χ2n) is 7.43. The summed E-state index contributed by atoms with van der Waals surface area (Å²) in [5.74, 6) is -0.0788. The lowest BCUT2D eigenvalue weighted by Gasteiger charge is -2.10. The molecule has 0 radical (unpaired) electrons. The first-order valence-corrected chi connectivity index (χ1v) is 11.9. The molecular weight excluding hydrogens is 468 g/mol. The molecule has 3 rings (SSSR count). The Morgan fingerprint density at radius 3 is 2.30 bits per heavy atom. The van der Waals surface area contributed by atoms with Gasteiger partial charge in [-0.15, -0.1) is 0 Å². The molecule has 0 saturated carbocycles. The van der Waals surface area contributed by atoms with Gasteiger partial charge in [-0.1, -0.05) is 11.6 Å². The zero-order valence-corrected chi connectivity index (χ0v) is 19.6. The smallest absolute Gasteiger partial charge is 0.338 e. The predicted octanol–water partition coefficient (Wildman–Crippen LogP) is 3.76. The molecule has 0 atom stereocenters. The van der Waals surface area contributed by atoms with E-state index in [1.54, 1.807) is 38.1 Å². The van der Waals surface area contributed by atoms with Gasteiger partial charge in [-0.05, 0) is 74.5 Å². The van der Waals surface area contributed by atoms with Gasteiger partial charge in [0.05, 0.1) is 17.0 Å². The Hall–Kier alpha value is -3.14. The Labute approximate surface area is 196 Å². The number of esters is 1. The van der Waals surface area contributed by atoms with E-state index < -0.39 is 28.5 Å². The lowest BCUT2D eigenvalue weighted by Crippen LogP contribution is -2.30. The van der Waals surface area contributed by atoms with Gasteiger partial charge >= 0.3 is 5.97 Å². The van der Waals surface area contributed by atoms with Crippen LogP contribution in [0.3, 0.4) is 0 Å². The van der Waals surface area contributed by atoms with E-state index in [0.717, 1.165) is 5.56 Å². The maximum absolute atomic E-state index is 12.2. The van der Waals surface area contributed by atoms with Gasteiger partial charge in [0, 0.05) is 16.6 Å². The number of nitrogens with one attached hydrogen (secondary N) is 2. The first-order valence-electron chi connectivity index (χ1n) is 10.0. The van der Waals surface area contributed by atoms with Crippen LogP contribution in [0.5, 0.6) is 0 Å². The number of halogens is 1. The van der Waals surface area contributed by atoms with Crippen molar-refractivity contribution >= 4 is 33.5 Å². The van der Waals surface area contributed by atoms with Crippen LogP contribution in [0.2, 0.25) is 5.02 Å². The number of ether oxygens (including phenoxy) is 1. The molecule has 1 amide bonds. The van der Waals surface area contributed by atoms with Crippen LogP contribution in [-0.4, -0.2) is 32.9 Å². The Balaban J connectivity index is 1.48. The highest BCUT2D eigenvalue weighted by molar-refractivity contribution is 7.89. The lowest BCUT2D eigenvalue weighted by atomic mass is 10.2. The predicted molar refractivity (Wildman–Crippen MR) is 123 cm³/mol. The zero-order chi connectivity index (χ0) is 24.0. The number of benzene rings is 2. The Kier molecular flexibility index (Phi) is 7.91.